The van der Waals surface area contributed by atoms with Crippen molar-refractivity contribution in [2.45, 2.75) is 96.0 Å². The molecule has 1 aromatic rings. The number of amides is 1. The molecule has 0 spiro atoms. The van der Waals surface area contributed by atoms with E-state index >= 15 is 0 Å². The minimum Gasteiger partial charge on any atom is -0.456 e. The highest BCUT2D eigenvalue weighted by Gasteiger charge is 2.60. The Balaban J connectivity index is 1.31. The van der Waals surface area contributed by atoms with Gasteiger partial charge in [-0.1, -0.05) is 30.3 Å². The molecule has 0 unspecified atom stereocenters. The molecule has 3 aliphatic heterocycles. The SMILES string of the molecule is C[C@@H](CC(=O)O[C@@H]1[C@H]2OC(C)(C)O[C@H]2O[C@@H]1[C@H]1COC(C)(C)O1)NC(=O)OCc1ccccc1. The smallest absolute Gasteiger partial charge is 0.407 e. The van der Waals surface area contributed by atoms with Crippen LogP contribution in [0.1, 0.15) is 46.6 Å². The zero-order valence-electron chi connectivity index (χ0n) is 20.1. The minimum atomic E-state index is -0.866. The first kappa shape index (κ1) is 24.9. The van der Waals surface area contributed by atoms with Gasteiger partial charge in [0.05, 0.1) is 13.0 Å². The Hall–Kier alpha value is -2.24. The van der Waals surface area contributed by atoms with Gasteiger partial charge in [-0.3, -0.25) is 4.79 Å². The van der Waals surface area contributed by atoms with Crippen molar-refractivity contribution in [2.75, 3.05) is 6.61 Å². The van der Waals surface area contributed by atoms with Crippen LogP contribution in [0.5, 0.6) is 0 Å². The summed E-state index contributed by atoms with van der Waals surface area (Å²) in [4.78, 5) is 24.9. The van der Waals surface area contributed by atoms with Gasteiger partial charge < -0.3 is 38.5 Å². The first-order chi connectivity index (χ1) is 16.0. The maximum atomic E-state index is 12.8. The van der Waals surface area contributed by atoms with Crippen molar-refractivity contribution in [1.29, 1.82) is 0 Å². The molecule has 3 fully saturated rings. The number of esters is 1. The Morgan fingerprint density at radius 1 is 1.06 bits per heavy atom. The van der Waals surface area contributed by atoms with E-state index < -0.39 is 60.4 Å². The van der Waals surface area contributed by atoms with Crippen LogP contribution >= 0.6 is 0 Å². The highest BCUT2D eigenvalue weighted by molar-refractivity contribution is 5.73. The molecular formula is C24H33NO9. The number of hydrogen-bond donors (Lipinski definition) is 1. The van der Waals surface area contributed by atoms with Gasteiger partial charge in [0.2, 0.25) is 0 Å². The van der Waals surface area contributed by atoms with E-state index in [0.29, 0.717) is 6.61 Å². The van der Waals surface area contributed by atoms with E-state index in [4.69, 9.17) is 33.2 Å². The molecule has 3 aliphatic rings. The van der Waals surface area contributed by atoms with Gasteiger partial charge in [0.1, 0.15) is 18.8 Å². The highest BCUT2D eigenvalue weighted by atomic mass is 16.8. The summed E-state index contributed by atoms with van der Waals surface area (Å²) in [5.41, 5.74) is 0.870. The molecule has 1 amide bonds. The van der Waals surface area contributed by atoms with Gasteiger partial charge in [-0.15, -0.1) is 0 Å². The van der Waals surface area contributed by atoms with Crippen molar-refractivity contribution in [3.05, 3.63) is 35.9 Å². The average molecular weight is 480 g/mol. The number of nitrogens with one attached hydrogen (secondary N) is 1. The standard InChI is InChI=1S/C24H33NO9/c1-14(25-22(27)28-12-15-9-7-6-8-10-15)11-17(26)30-19-18(16-13-29-23(2,3)32-16)31-21-20(19)33-24(4,5)34-21/h6-10,14,16,18-21H,11-13H2,1-5H3,(H,25,27)/t14-,16+,18+,19-,20+,21+/m0/s1. The second-order valence-electron chi connectivity index (χ2n) is 9.70. The Labute approximate surface area is 199 Å². The quantitative estimate of drug-likeness (QED) is 0.590. The van der Waals surface area contributed by atoms with Crippen LogP contribution in [0.25, 0.3) is 0 Å². The molecule has 3 heterocycles. The van der Waals surface area contributed by atoms with E-state index in [2.05, 4.69) is 5.32 Å². The fourth-order valence-corrected chi connectivity index (χ4v) is 4.28. The molecule has 1 N–H and O–H groups in total. The molecule has 0 bridgehead atoms. The van der Waals surface area contributed by atoms with Crippen LogP contribution in [0.15, 0.2) is 30.3 Å². The van der Waals surface area contributed by atoms with Crippen LogP contribution in [0.2, 0.25) is 0 Å². The van der Waals surface area contributed by atoms with Gasteiger partial charge in [0, 0.05) is 6.04 Å². The highest BCUT2D eigenvalue weighted by Crippen LogP contribution is 2.42. The molecule has 6 atom stereocenters. The molecule has 0 radical (unpaired) electrons. The third kappa shape index (κ3) is 6.05. The number of ether oxygens (including phenoxy) is 7. The summed E-state index contributed by atoms with van der Waals surface area (Å²) in [6, 6.07) is 8.83. The topological polar surface area (TPSA) is 111 Å². The van der Waals surface area contributed by atoms with Gasteiger partial charge in [0.15, 0.2) is 30.1 Å². The number of carbonyl (C=O) groups is 2. The van der Waals surface area contributed by atoms with Crippen molar-refractivity contribution < 1.29 is 42.7 Å². The lowest BCUT2D eigenvalue weighted by molar-refractivity contribution is -0.235. The molecule has 0 saturated carbocycles. The van der Waals surface area contributed by atoms with E-state index in [0.717, 1.165) is 5.56 Å². The Bertz CT molecular complexity index is 874. The predicted molar refractivity (Wildman–Crippen MR) is 117 cm³/mol. The first-order valence-corrected chi connectivity index (χ1v) is 11.5. The summed E-state index contributed by atoms with van der Waals surface area (Å²) in [5.74, 6) is -2.14. The minimum absolute atomic E-state index is 0.0567. The second-order valence-corrected chi connectivity index (χ2v) is 9.70. The molecule has 10 nitrogen and oxygen atoms in total. The predicted octanol–water partition coefficient (Wildman–Crippen LogP) is 2.63. The summed E-state index contributed by atoms with van der Waals surface area (Å²) < 4.78 is 40.4. The van der Waals surface area contributed by atoms with Gasteiger partial charge in [-0.05, 0) is 40.2 Å². The largest absolute Gasteiger partial charge is 0.456 e. The summed E-state index contributed by atoms with van der Waals surface area (Å²) in [7, 11) is 0. The Morgan fingerprint density at radius 3 is 2.47 bits per heavy atom. The number of hydrogen-bond acceptors (Lipinski definition) is 9. The lowest BCUT2D eigenvalue weighted by Crippen LogP contribution is -2.45. The van der Waals surface area contributed by atoms with Gasteiger partial charge in [0.25, 0.3) is 0 Å². The van der Waals surface area contributed by atoms with Crippen LogP contribution in [0.4, 0.5) is 4.79 Å². The fraction of sp³-hybridized carbons (Fsp3) is 0.667. The lowest BCUT2D eigenvalue weighted by Gasteiger charge is -2.29. The molecule has 0 aliphatic carbocycles. The monoisotopic (exact) mass is 479 g/mol. The summed E-state index contributed by atoms with van der Waals surface area (Å²) in [6.45, 7) is 9.29. The van der Waals surface area contributed by atoms with Crippen LogP contribution in [0, 0.1) is 0 Å². The van der Waals surface area contributed by atoms with E-state index in [1.54, 1.807) is 20.8 Å². The van der Waals surface area contributed by atoms with Crippen LogP contribution < -0.4 is 5.32 Å². The molecule has 0 aromatic heterocycles. The number of fused-ring (bicyclic) bond motifs is 1. The van der Waals surface area contributed by atoms with E-state index in [9.17, 15) is 9.59 Å². The third-order valence-corrected chi connectivity index (χ3v) is 5.74. The van der Waals surface area contributed by atoms with Crippen LogP contribution in [0.3, 0.4) is 0 Å². The van der Waals surface area contributed by atoms with E-state index in [1.165, 1.54) is 0 Å². The molecule has 188 valence electrons. The van der Waals surface area contributed by atoms with Crippen molar-refractivity contribution in [3.63, 3.8) is 0 Å². The third-order valence-electron chi connectivity index (χ3n) is 5.74. The van der Waals surface area contributed by atoms with Gasteiger partial charge >= 0.3 is 12.1 Å². The number of benzene rings is 1. The Kier molecular flexibility index (Phi) is 7.16. The number of carbonyl (C=O) groups excluding carboxylic acids is 2. The molecule has 4 rings (SSSR count). The fourth-order valence-electron chi connectivity index (χ4n) is 4.28. The molecule has 3 saturated heterocycles. The maximum Gasteiger partial charge on any atom is 0.407 e. The number of alkyl carbamates (subject to hydrolysis) is 1. The molecule has 10 heteroatoms. The maximum absolute atomic E-state index is 12.8. The van der Waals surface area contributed by atoms with Crippen molar-refractivity contribution in [1.82, 2.24) is 5.32 Å². The van der Waals surface area contributed by atoms with E-state index in [-0.39, 0.29) is 13.0 Å². The summed E-state index contributed by atoms with van der Waals surface area (Å²) in [6.07, 6.45) is -3.77. The van der Waals surface area contributed by atoms with E-state index in [1.807, 2.05) is 44.2 Å². The Morgan fingerprint density at radius 2 is 1.79 bits per heavy atom. The summed E-state index contributed by atoms with van der Waals surface area (Å²) >= 11 is 0. The van der Waals surface area contributed by atoms with Gasteiger partial charge in [-0.2, -0.15) is 0 Å². The van der Waals surface area contributed by atoms with Crippen LogP contribution in [-0.4, -0.2) is 67.0 Å². The zero-order valence-corrected chi connectivity index (χ0v) is 20.1. The lowest BCUT2D eigenvalue weighted by atomic mass is 10.1. The van der Waals surface area contributed by atoms with Crippen molar-refractivity contribution in [2.24, 2.45) is 0 Å². The molecular weight excluding hydrogens is 446 g/mol. The van der Waals surface area contributed by atoms with Crippen LogP contribution in [-0.2, 0) is 44.6 Å². The zero-order chi connectivity index (χ0) is 24.5. The number of rotatable bonds is 7. The second kappa shape index (κ2) is 9.79. The average Bonchev–Trinajstić information content (AvgIpc) is 3.36. The van der Waals surface area contributed by atoms with Crippen molar-refractivity contribution in [3.8, 4) is 0 Å². The molecule has 1 aromatic carbocycles. The normalized spacial score (nSPS) is 32.1. The molecule has 34 heavy (non-hydrogen) atoms. The first-order valence-electron chi connectivity index (χ1n) is 11.5. The summed E-state index contributed by atoms with van der Waals surface area (Å²) in [5, 5.41) is 2.65. The van der Waals surface area contributed by atoms with Gasteiger partial charge in [-0.25, -0.2) is 4.79 Å². The van der Waals surface area contributed by atoms with Crippen molar-refractivity contribution >= 4 is 12.1 Å².